The third-order valence-electron chi connectivity index (χ3n) is 3.39. The number of methoxy groups -OCH3 is 1. The summed E-state index contributed by atoms with van der Waals surface area (Å²) in [5.74, 6) is 1.31. The van der Waals surface area contributed by atoms with Crippen molar-refractivity contribution in [2.75, 3.05) is 20.3 Å². The molecule has 3 aromatic rings. The summed E-state index contributed by atoms with van der Waals surface area (Å²) in [4.78, 5) is 4.21. The Hall–Kier alpha value is -2.57. The predicted octanol–water partition coefficient (Wildman–Crippen LogP) is 2.93. The Morgan fingerprint density at radius 3 is 2.58 bits per heavy atom. The van der Waals surface area contributed by atoms with Gasteiger partial charge in [0.15, 0.2) is 5.15 Å². The van der Waals surface area contributed by atoms with E-state index in [2.05, 4.69) is 10.1 Å². The minimum Gasteiger partial charge on any atom is -0.492 e. The van der Waals surface area contributed by atoms with Gasteiger partial charge in [0.2, 0.25) is 5.88 Å². The van der Waals surface area contributed by atoms with Gasteiger partial charge in [-0.2, -0.15) is 5.10 Å². The van der Waals surface area contributed by atoms with Crippen molar-refractivity contribution in [1.82, 2.24) is 14.8 Å². The molecule has 0 aliphatic rings. The molecule has 0 aliphatic heterocycles. The molecule has 2 N–H and O–H groups in total. The second-order valence-electron chi connectivity index (χ2n) is 4.98. The number of nitrogens with zero attached hydrogens (tertiary/aromatic N) is 3. The summed E-state index contributed by atoms with van der Waals surface area (Å²) in [7, 11) is 1.58. The summed E-state index contributed by atoms with van der Waals surface area (Å²) < 4.78 is 12.3. The second-order valence-corrected chi connectivity index (χ2v) is 5.37. The Labute approximate surface area is 144 Å². The molecule has 0 saturated heterocycles. The average molecular weight is 345 g/mol. The van der Waals surface area contributed by atoms with Gasteiger partial charge in [-0.15, -0.1) is 0 Å². The van der Waals surface area contributed by atoms with Gasteiger partial charge in [-0.3, -0.25) is 0 Å². The van der Waals surface area contributed by atoms with Crippen LogP contribution in [-0.2, 0) is 0 Å². The highest BCUT2D eigenvalue weighted by Gasteiger charge is 2.11. The Bertz CT molecular complexity index is 800. The number of halogens is 1. The molecule has 124 valence electrons. The van der Waals surface area contributed by atoms with E-state index < -0.39 is 0 Å². The zero-order valence-electron chi connectivity index (χ0n) is 13.1. The van der Waals surface area contributed by atoms with E-state index in [0.29, 0.717) is 24.2 Å². The van der Waals surface area contributed by atoms with Gasteiger partial charge in [0.1, 0.15) is 12.4 Å². The van der Waals surface area contributed by atoms with Crippen LogP contribution in [0.2, 0.25) is 5.15 Å². The van der Waals surface area contributed by atoms with E-state index in [4.69, 9.17) is 26.8 Å². The lowest BCUT2D eigenvalue weighted by molar-refractivity contribution is 0.328. The molecule has 0 radical (unpaired) electrons. The van der Waals surface area contributed by atoms with E-state index in [1.807, 2.05) is 36.4 Å². The summed E-state index contributed by atoms with van der Waals surface area (Å²) in [6.07, 6.45) is 1.68. The molecule has 24 heavy (non-hydrogen) atoms. The summed E-state index contributed by atoms with van der Waals surface area (Å²) in [6.45, 7) is 0.967. The molecule has 0 saturated carbocycles. The highest BCUT2D eigenvalue weighted by Crippen LogP contribution is 2.27. The van der Waals surface area contributed by atoms with E-state index in [9.17, 15) is 0 Å². The number of hydrogen-bond acceptors (Lipinski definition) is 5. The second kappa shape index (κ2) is 7.33. The fourth-order valence-electron chi connectivity index (χ4n) is 2.27. The van der Waals surface area contributed by atoms with E-state index in [1.165, 1.54) is 0 Å². The van der Waals surface area contributed by atoms with Gasteiger partial charge in [-0.1, -0.05) is 11.6 Å². The first-order chi connectivity index (χ1) is 11.7. The van der Waals surface area contributed by atoms with Crippen LogP contribution in [0.25, 0.3) is 16.9 Å². The van der Waals surface area contributed by atoms with Crippen molar-refractivity contribution in [2.45, 2.75) is 0 Å². The van der Waals surface area contributed by atoms with Crippen molar-refractivity contribution >= 4 is 11.6 Å². The van der Waals surface area contributed by atoms with Gasteiger partial charge in [0.05, 0.1) is 24.7 Å². The Morgan fingerprint density at radius 2 is 1.96 bits per heavy atom. The lowest BCUT2D eigenvalue weighted by atomic mass is 10.1. The summed E-state index contributed by atoms with van der Waals surface area (Å²) in [5, 5.41) is 4.75. The van der Waals surface area contributed by atoms with Crippen molar-refractivity contribution in [2.24, 2.45) is 5.73 Å². The molecule has 2 heterocycles. The van der Waals surface area contributed by atoms with Gasteiger partial charge in [0, 0.05) is 24.2 Å². The normalized spacial score (nSPS) is 10.6. The Kier molecular flexibility index (Phi) is 4.98. The SMILES string of the molecule is COc1ccc(-n2nc(Cl)cc2-c2ccc(OCCN)cc2)cn1. The Morgan fingerprint density at radius 1 is 1.17 bits per heavy atom. The molecule has 0 unspecified atom stereocenters. The van der Waals surface area contributed by atoms with Gasteiger partial charge in [0.25, 0.3) is 0 Å². The molecule has 7 heteroatoms. The number of hydrogen-bond donors (Lipinski definition) is 1. The number of benzene rings is 1. The van der Waals surface area contributed by atoms with Crippen LogP contribution in [-0.4, -0.2) is 35.0 Å². The highest BCUT2D eigenvalue weighted by atomic mass is 35.5. The molecule has 0 aliphatic carbocycles. The zero-order chi connectivity index (χ0) is 16.9. The lowest BCUT2D eigenvalue weighted by Gasteiger charge is -2.09. The Balaban J connectivity index is 1.93. The summed E-state index contributed by atoms with van der Waals surface area (Å²) in [6, 6.07) is 13.1. The number of pyridine rings is 1. The van der Waals surface area contributed by atoms with Crippen molar-refractivity contribution < 1.29 is 9.47 Å². The first kappa shape index (κ1) is 16.3. The largest absolute Gasteiger partial charge is 0.492 e. The monoisotopic (exact) mass is 344 g/mol. The highest BCUT2D eigenvalue weighted by molar-refractivity contribution is 6.29. The van der Waals surface area contributed by atoms with Gasteiger partial charge < -0.3 is 15.2 Å². The van der Waals surface area contributed by atoms with Crippen molar-refractivity contribution in [3.63, 3.8) is 0 Å². The maximum absolute atomic E-state index is 6.11. The average Bonchev–Trinajstić information content (AvgIpc) is 3.02. The molecule has 0 bridgehead atoms. The molecule has 2 aromatic heterocycles. The van der Waals surface area contributed by atoms with Crippen LogP contribution in [0.15, 0.2) is 48.7 Å². The molecule has 6 nitrogen and oxygen atoms in total. The number of ether oxygens (including phenoxy) is 2. The van der Waals surface area contributed by atoms with E-state index in [-0.39, 0.29) is 0 Å². The van der Waals surface area contributed by atoms with Crippen LogP contribution >= 0.6 is 11.6 Å². The third kappa shape index (κ3) is 3.50. The molecule has 0 fully saturated rings. The van der Waals surface area contributed by atoms with Crippen molar-refractivity contribution in [1.29, 1.82) is 0 Å². The molecule has 3 rings (SSSR count). The van der Waals surface area contributed by atoms with Crippen LogP contribution in [0.1, 0.15) is 0 Å². The quantitative estimate of drug-likeness (QED) is 0.744. The fourth-order valence-corrected chi connectivity index (χ4v) is 2.45. The summed E-state index contributed by atoms with van der Waals surface area (Å²) >= 11 is 6.11. The van der Waals surface area contributed by atoms with Crippen LogP contribution in [0.3, 0.4) is 0 Å². The number of aromatic nitrogens is 3. The van der Waals surface area contributed by atoms with E-state index in [1.54, 1.807) is 24.1 Å². The third-order valence-corrected chi connectivity index (χ3v) is 3.58. The first-order valence-electron chi connectivity index (χ1n) is 7.40. The smallest absolute Gasteiger partial charge is 0.213 e. The molecular weight excluding hydrogens is 328 g/mol. The minimum absolute atomic E-state index is 0.407. The molecule has 1 aromatic carbocycles. The minimum atomic E-state index is 0.407. The van der Waals surface area contributed by atoms with Crippen LogP contribution in [0, 0.1) is 0 Å². The molecular formula is C17H17ClN4O2. The van der Waals surface area contributed by atoms with Gasteiger partial charge in [-0.05, 0) is 30.3 Å². The first-order valence-corrected chi connectivity index (χ1v) is 7.78. The van der Waals surface area contributed by atoms with E-state index in [0.717, 1.165) is 22.7 Å². The van der Waals surface area contributed by atoms with Crippen molar-refractivity contribution in [3.8, 4) is 28.6 Å². The van der Waals surface area contributed by atoms with E-state index >= 15 is 0 Å². The summed E-state index contributed by atoms with van der Waals surface area (Å²) in [5.41, 5.74) is 8.05. The van der Waals surface area contributed by atoms with Crippen molar-refractivity contribution in [3.05, 3.63) is 53.8 Å². The number of rotatable bonds is 6. The molecule has 0 atom stereocenters. The van der Waals surface area contributed by atoms with Gasteiger partial charge in [-0.25, -0.2) is 9.67 Å². The fraction of sp³-hybridized carbons (Fsp3) is 0.176. The van der Waals surface area contributed by atoms with Gasteiger partial charge >= 0.3 is 0 Å². The number of nitrogens with two attached hydrogens (primary N) is 1. The molecule has 0 amide bonds. The van der Waals surface area contributed by atoms with Crippen LogP contribution < -0.4 is 15.2 Å². The van der Waals surface area contributed by atoms with Crippen LogP contribution in [0.4, 0.5) is 0 Å². The predicted molar refractivity (Wildman–Crippen MR) is 92.9 cm³/mol. The maximum Gasteiger partial charge on any atom is 0.213 e. The maximum atomic E-state index is 6.11. The lowest BCUT2D eigenvalue weighted by Crippen LogP contribution is -2.10. The zero-order valence-corrected chi connectivity index (χ0v) is 13.9. The standard InChI is InChI=1S/C17H17ClN4O2/c1-23-17-7-4-13(11-20-17)22-15(10-16(18)21-22)12-2-5-14(6-3-12)24-9-8-19/h2-7,10-11H,8-9,19H2,1H3. The van der Waals surface area contributed by atoms with Crippen LogP contribution in [0.5, 0.6) is 11.6 Å². The molecule has 0 spiro atoms. The topological polar surface area (TPSA) is 75.2 Å².